The maximum Gasteiger partial charge on any atom is 0.406 e. The lowest BCUT2D eigenvalue weighted by atomic mass is 9.95. The van der Waals surface area contributed by atoms with Crippen molar-refractivity contribution in [1.82, 2.24) is 9.21 Å². The van der Waals surface area contributed by atoms with E-state index in [9.17, 15) is 26.4 Å². The largest absolute Gasteiger partial charge is 0.406 e. The normalized spacial score (nSPS) is 13.1. The monoisotopic (exact) mass is 408 g/mol. The Morgan fingerprint density at radius 3 is 2.04 bits per heavy atom. The van der Waals surface area contributed by atoms with Gasteiger partial charge in [0.25, 0.3) is 5.91 Å². The van der Waals surface area contributed by atoms with Crippen LogP contribution in [0.25, 0.3) is 0 Å². The molecular weight excluding hydrogens is 381 g/mol. The molecule has 9 heteroatoms. The average molecular weight is 408 g/mol. The highest BCUT2D eigenvalue weighted by Crippen LogP contribution is 2.24. The maximum absolute atomic E-state index is 12.9. The van der Waals surface area contributed by atoms with Crippen molar-refractivity contribution in [3.63, 3.8) is 0 Å². The Labute approximate surface area is 159 Å². The van der Waals surface area contributed by atoms with Gasteiger partial charge in [-0.2, -0.15) is 17.5 Å². The number of hydrogen-bond acceptors (Lipinski definition) is 3. The minimum atomic E-state index is -4.55. The van der Waals surface area contributed by atoms with Crippen LogP contribution in [0.15, 0.2) is 29.2 Å². The molecule has 0 radical (unpaired) electrons. The Morgan fingerprint density at radius 2 is 1.59 bits per heavy atom. The first-order valence-electron chi connectivity index (χ1n) is 8.67. The summed E-state index contributed by atoms with van der Waals surface area (Å²) in [5, 5.41) is 0. The summed E-state index contributed by atoms with van der Waals surface area (Å²) in [5.41, 5.74) is -0.636. The highest BCUT2D eigenvalue weighted by atomic mass is 32.2. The second-order valence-corrected chi connectivity index (χ2v) is 9.39. The second kappa shape index (κ2) is 8.60. The van der Waals surface area contributed by atoms with E-state index < -0.39 is 34.1 Å². The summed E-state index contributed by atoms with van der Waals surface area (Å²) < 4.78 is 65.2. The van der Waals surface area contributed by atoms with Gasteiger partial charge in [-0.05, 0) is 23.6 Å². The van der Waals surface area contributed by atoms with E-state index in [0.717, 1.165) is 6.07 Å². The fourth-order valence-electron chi connectivity index (χ4n) is 2.67. The Balaban J connectivity index is 3.28. The summed E-state index contributed by atoms with van der Waals surface area (Å²) in [7, 11) is -3.81. The fraction of sp³-hybridized carbons (Fsp3) is 0.611. The summed E-state index contributed by atoms with van der Waals surface area (Å²) in [6, 6.07) is 5.17. The van der Waals surface area contributed by atoms with Gasteiger partial charge in [0.1, 0.15) is 6.54 Å². The van der Waals surface area contributed by atoms with Gasteiger partial charge in [-0.15, -0.1) is 0 Å². The van der Waals surface area contributed by atoms with Crippen LogP contribution in [-0.4, -0.2) is 55.9 Å². The van der Waals surface area contributed by atoms with Gasteiger partial charge in [0.2, 0.25) is 10.0 Å². The lowest BCUT2D eigenvalue weighted by Crippen LogP contribution is -2.43. The number of carbonyl (C=O) groups is 1. The molecule has 1 aromatic carbocycles. The molecule has 0 aliphatic rings. The van der Waals surface area contributed by atoms with E-state index >= 15 is 0 Å². The molecule has 0 unspecified atom stereocenters. The number of halogens is 3. The Morgan fingerprint density at radius 1 is 1.04 bits per heavy atom. The van der Waals surface area contributed by atoms with E-state index in [0.29, 0.717) is 4.90 Å². The quantitative estimate of drug-likeness (QED) is 0.690. The third-order valence-electron chi connectivity index (χ3n) is 3.75. The van der Waals surface area contributed by atoms with Crippen LogP contribution in [0.3, 0.4) is 0 Å². The first kappa shape index (κ1) is 23.4. The van der Waals surface area contributed by atoms with Crippen LogP contribution in [0.2, 0.25) is 0 Å². The molecule has 0 atom stereocenters. The van der Waals surface area contributed by atoms with E-state index in [4.69, 9.17) is 0 Å². The minimum Gasteiger partial charge on any atom is -0.329 e. The predicted molar refractivity (Wildman–Crippen MR) is 98.0 cm³/mol. The number of sulfonamides is 1. The molecule has 1 rings (SSSR count). The molecule has 0 N–H and O–H groups in total. The van der Waals surface area contributed by atoms with Crippen LogP contribution < -0.4 is 0 Å². The molecule has 0 aliphatic carbocycles. The number of alkyl halides is 3. The van der Waals surface area contributed by atoms with Gasteiger partial charge in [0.05, 0.1) is 4.90 Å². The van der Waals surface area contributed by atoms with Crippen molar-refractivity contribution in [2.24, 2.45) is 5.41 Å². The predicted octanol–water partition coefficient (Wildman–Crippen LogP) is 3.77. The molecule has 0 fully saturated rings. The van der Waals surface area contributed by atoms with Crippen molar-refractivity contribution in [3.8, 4) is 0 Å². The van der Waals surface area contributed by atoms with Gasteiger partial charge >= 0.3 is 6.18 Å². The van der Waals surface area contributed by atoms with Crippen LogP contribution in [0.5, 0.6) is 0 Å². The standard InChI is InChI=1S/C18H27F3N2O3S/c1-6-23(7-2)27(25,26)15-10-8-9-14(11-15)16(24)22(12-17(3,4)5)13-18(19,20)21/h8-11H,6-7,12-13H2,1-5H3. The summed E-state index contributed by atoms with van der Waals surface area (Å²) in [4.78, 5) is 13.3. The Hall–Kier alpha value is -1.61. The van der Waals surface area contributed by atoms with Crippen LogP contribution in [0.1, 0.15) is 45.0 Å². The van der Waals surface area contributed by atoms with Crippen molar-refractivity contribution < 1.29 is 26.4 Å². The first-order chi connectivity index (χ1) is 12.2. The molecule has 5 nitrogen and oxygen atoms in total. The van der Waals surface area contributed by atoms with Gasteiger partial charge in [-0.25, -0.2) is 8.42 Å². The summed E-state index contributed by atoms with van der Waals surface area (Å²) >= 11 is 0. The molecular formula is C18H27F3N2O3S. The van der Waals surface area contributed by atoms with E-state index in [-0.39, 0.29) is 30.1 Å². The maximum atomic E-state index is 12.9. The summed E-state index contributed by atoms with van der Waals surface area (Å²) in [5.74, 6) is -0.848. The summed E-state index contributed by atoms with van der Waals surface area (Å²) in [6.07, 6.45) is -4.55. The minimum absolute atomic E-state index is 0.0864. The lowest BCUT2D eigenvalue weighted by molar-refractivity contribution is -0.142. The van der Waals surface area contributed by atoms with Gasteiger partial charge < -0.3 is 4.90 Å². The van der Waals surface area contributed by atoms with E-state index in [1.54, 1.807) is 34.6 Å². The number of benzene rings is 1. The molecule has 0 saturated carbocycles. The Bertz CT molecular complexity index is 736. The number of carbonyl (C=O) groups excluding carboxylic acids is 1. The molecule has 0 heterocycles. The molecule has 0 spiro atoms. The molecule has 0 saturated heterocycles. The zero-order chi connectivity index (χ0) is 21.0. The molecule has 1 amide bonds. The number of hydrogen-bond donors (Lipinski definition) is 0. The molecule has 0 aromatic heterocycles. The van der Waals surface area contributed by atoms with Gasteiger partial charge in [-0.1, -0.05) is 40.7 Å². The van der Waals surface area contributed by atoms with Crippen molar-refractivity contribution in [2.75, 3.05) is 26.2 Å². The van der Waals surface area contributed by atoms with Gasteiger partial charge in [0, 0.05) is 25.2 Å². The number of rotatable bonds is 7. The van der Waals surface area contributed by atoms with E-state index in [1.165, 1.54) is 22.5 Å². The SMILES string of the molecule is CCN(CC)S(=O)(=O)c1cccc(C(=O)N(CC(C)(C)C)CC(F)(F)F)c1. The van der Waals surface area contributed by atoms with E-state index in [2.05, 4.69) is 0 Å². The zero-order valence-electron chi connectivity index (χ0n) is 16.3. The highest BCUT2D eigenvalue weighted by Gasteiger charge is 2.35. The lowest BCUT2D eigenvalue weighted by Gasteiger charge is -2.31. The first-order valence-corrected chi connectivity index (χ1v) is 10.1. The van der Waals surface area contributed by atoms with Gasteiger partial charge in [-0.3, -0.25) is 4.79 Å². The van der Waals surface area contributed by atoms with E-state index in [1.807, 2.05) is 0 Å². The third kappa shape index (κ3) is 6.80. The zero-order valence-corrected chi connectivity index (χ0v) is 17.1. The molecule has 1 aromatic rings. The van der Waals surface area contributed by atoms with Crippen molar-refractivity contribution in [3.05, 3.63) is 29.8 Å². The molecule has 154 valence electrons. The second-order valence-electron chi connectivity index (χ2n) is 7.45. The Kier molecular flexibility index (Phi) is 7.46. The smallest absolute Gasteiger partial charge is 0.329 e. The van der Waals surface area contributed by atoms with Crippen molar-refractivity contribution >= 4 is 15.9 Å². The van der Waals surface area contributed by atoms with Crippen LogP contribution in [0.4, 0.5) is 13.2 Å². The summed E-state index contributed by atoms with van der Waals surface area (Å²) in [6.45, 7) is 7.55. The molecule has 0 aliphatic heterocycles. The van der Waals surface area contributed by atoms with Gasteiger partial charge in [0.15, 0.2) is 0 Å². The average Bonchev–Trinajstić information content (AvgIpc) is 2.52. The molecule has 0 bridgehead atoms. The fourth-order valence-corrected chi connectivity index (χ4v) is 4.18. The third-order valence-corrected chi connectivity index (χ3v) is 5.79. The highest BCUT2D eigenvalue weighted by molar-refractivity contribution is 7.89. The van der Waals surface area contributed by atoms with Crippen LogP contribution >= 0.6 is 0 Å². The van der Waals surface area contributed by atoms with Crippen molar-refractivity contribution in [2.45, 2.75) is 45.7 Å². The number of nitrogens with zero attached hydrogens (tertiary/aromatic N) is 2. The topological polar surface area (TPSA) is 57.7 Å². The number of amides is 1. The molecule has 27 heavy (non-hydrogen) atoms. The van der Waals surface area contributed by atoms with Crippen LogP contribution in [0, 0.1) is 5.41 Å². The van der Waals surface area contributed by atoms with Crippen LogP contribution in [-0.2, 0) is 10.0 Å². The van der Waals surface area contributed by atoms with Crippen molar-refractivity contribution in [1.29, 1.82) is 0 Å².